The molecule has 1 N–H and O–H groups in total. The topological polar surface area (TPSA) is 38.3 Å². The molecule has 2 aromatic rings. The molecule has 0 bridgehead atoms. The minimum Gasteiger partial charge on any atom is -0.495 e. The van der Waals surface area contributed by atoms with Crippen LogP contribution >= 0.6 is 0 Å². The number of methoxy groups -OCH3 is 1. The van der Waals surface area contributed by atoms with Gasteiger partial charge in [0.25, 0.3) is 0 Å². The average Bonchev–Trinajstić information content (AvgIpc) is 2.41. The Morgan fingerprint density at radius 1 is 1.16 bits per heavy atom. The summed E-state index contributed by atoms with van der Waals surface area (Å²) < 4.78 is 18.9. The predicted octanol–water partition coefficient (Wildman–Crippen LogP) is 3.78. The monoisotopic (exact) mass is 259 g/mol. The van der Waals surface area contributed by atoms with Crippen molar-refractivity contribution in [2.24, 2.45) is 0 Å². The molecule has 0 aliphatic carbocycles. The Labute approximate surface area is 111 Å². The Morgan fingerprint density at radius 3 is 2.58 bits per heavy atom. The van der Waals surface area contributed by atoms with Crippen LogP contribution in [-0.2, 0) is 0 Å². The smallest absolute Gasteiger partial charge is 0.159 e. The number of ether oxygens (including phenoxy) is 1. The Bertz CT molecular complexity index is 611. The van der Waals surface area contributed by atoms with Crippen molar-refractivity contribution >= 4 is 17.2 Å². The first-order chi connectivity index (χ1) is 9.11. The van der Waals surface area contributed by atoms with Crippen LogP contribution in [0.1, 0.15) is 17.3 Å². The molecule has 98 valence electrons. The molecule has 0 amide bonds. The molecule has 0 heterocycles. The van der Waals surface area contributed by atoms with Gasteiger partial charge in [0.2, 0.25) is 0 Å². The molecule has 0 aliphatic rings. The maximum atomic E-state index is 13.7. The molecular weight excluding hydrogens is 245 g/mol. The molecule has 0 atom stereocenters. The van der Waals surface area contributed by atoms with Crippen LogP contribution in [0.15, 0.2) is 42.5 Å². The highest BCUT2D eigenvalue weighted by molar-refractivity contribution is 5.95. The summed E-state index contributed by atoms with van der Waals surface area (Å²) in [5.74, 6) is 0.0779. The van der Waals surface area contributed by atoms with E-state index >= 15 is 0 Å². The summed E-state index contributed by atoms with van der Waals surface area (Å²) in [5.41, 5.74) is 1.35. The average molecular weight is 259 g/mol. The molecular formula is C15H14FNO2. The zero-order valence-electron chi connectivity index (χ0n) is 10.7. The third-order valence-electron chi connectivity index (χ3n) is 2.75. The van der Waals surface area contributed by atoms with Crippen LogP contribution in [-0.4, -0.2) is 12.9 Å². The van der Waals surface area contributed by atoms with Gasteiger partial charge in [0.1, 0.15) is 11.6 Å². The SMILES string of the molecule is COc1ccccc1Nc1cc(C(C)=O)ccc1F. The van der Waals surface area contributed by atoms with Crippen molar-refractivity contribution in [2.75, 3.05) is 12.4 Å². The van der Waals surface area contributed by atoms with Gasteiger partial charge >= 0.3 is 0 Å². The van der Waals surface area contributed by atoms with E-state index in [2.05, 4.69) is 5.32 Å². The van der Waals surface area contributed by atoms with E-state index in [-0.39, 0.29) is 11.5 Å². The zero-order chi connectivity index (χ0) is 13.8. The van der Waals surface area contributed by atoms with Gasteiger partial charge in [0, 0.05) is 5.56 Å². The van der Waals surface area contributed by atoms with Gasteiger partial charge in [-0.15, -0.1) is 0 Å². The number of para-hydroxylation sites is 2. The van der Waals surface area contributed by atoms with Crippen LogP contribution in [0.5, 0.6) is 5.75 Å². The summed E-state index contributed by atoms with van der Waals surface area (Å²) in [5, 5.41) is 2.93. The van der Waals surface area contributed by atoms with E-state index in [1.54, 1.807) is 19.2 Å². The normalized spacial score (nSPS) is 10.1. The summed E-state index contributed by atoms with van der Waals surface area (Å²) in [6, 6.07) is 11.4. The van der Waals surface area contributed by atoms with Crippen LogP contribution in [0.4, 0.5) is 15.8 Å². The minimum atomic E-state index is -0.420. The second kappa shape index (κ2) is 5.52. The Morgan fingerprint density at radius 2 is 1.89 bits per heavy atom. The van der Waals surface area contributed by atoms with Crippen LogP contribution in [0, 0.1) is 5.82 Å². The van der Waals surface area contributed by atoms with Crippen molar-refractivity contribution < 1.29 is 13.9 Å². The fraction of sp³-hybridized carbons (Fsp3) is 0.133. The highest BCUT2D eigenvalue weighted by atomic mass is 19.1. The maximum absolute atomic E-state index is 13.7. The van der Waals surface area contributed by atoms with E-state index in [9.17, 15) is 9.18 Å². The van der Waals surface area contributed by atoms with Gasteiger partial charge in [0.05, 0.1) is 18.5 Å². The fourth-order valence-corrected chi connectivity index (χ4v) is 1.73. The lowest BCUT2D eigenvalue weighted by Crippen LogP contribution is -1.99. The zero-order valence-corrected chi connectivity index (χ0v) is 10.7. The first-order valence-corrected chi connectivity index (χ1v) is 5.82. The highest BCUT2D eigenvalue weighted by Gasteiger charge is 2.09. The fourth-order valence-electron chi connectivity index (χ4n) is 1.73. The summed E-state index contributed by atoms with van der Waals surface area (Å²) >= 11 is 0. The number of carbonyl (C=O) groups excluding carboxylic acids is 1. The Balaban J connectivity index is 2.37. The molecule has 3 nitrogen and oxygen atoms in total. The van der Waals surface area contributed by atoms with Crippen molar-refractivity contribution in [1.82, 2.24) is 0 Å². The van der Waals surface area contributed by atoms with E-state index in [1.807, 2.05) is 12.1 Å². The van der Waals surface area contributed by atoms with E-state index in [0.29, 0.717) is 17.0 Å². The number of rotatable bonds is 4. The first-order valence-electron chi connectivity index (χ1n) is 5.82. The van der Waals surface area contributed by atoms with Crippen LogP contribution in [0.3, 0.4) is 0 Å². The molecule has 2 aromatic carbocycles. The minimum absolute atomic E-state index is 0.108. The van der Waals surface area contributed by atoms with Gasteiger partial charge in [-0.1, -0.05) is 12.1 Å². The molecule has 0 saturated carbocycles. The predicted molar refractivity (Wildman–Crippen MR) is 72.7 cm³/mol. The summed E-state index contributed by atoms with van der Waals surface area (Å²) in [7, 11) is 1.54. The van der Waals surface area contributed by atoms with Crippen molar-refractivity contribution in [3.63, 3.8) is 0 Å². The molecule has 4 heteroatoms. The van der Waals surface area contributed by atoms with E-state index in [4.69, 9.17) is 4.74 Å². The Kier molecular flexibility index (Phi) is 3.80. The molecule has 0 radical (unpaired) electrons. The molecule has 2 rings (SSSR count). The van der Waals surface area contributed by atoms with Gasteiger partial charge in [-0.25, -0.2) is 4.39 Å². The number of benzene rings is 2. The number of Topliss-reactive ketones (excluding diaryl/α,β-unsaturated/α-hetero) is 1. The third-order valence-corrected chi connectivity index (χ3v) is 2.75. The van der Waals surface area contributed by atoms with E-state index in [0.717, 1.165) is 0 Å². The number of ketones is 1. The lowest BCUT2D eigenvalue weighted by atomic mass is 10.1. The van der Waals surface area contributed by atoms with E-state index in [1.165, 1.54) is 25.1 Å². The standard InChI is InChI=1S/C15H14FNO2/c1-10(18)11-7-8-12(16)14(9-11)17-13-5-3-4-6-15(13)19-2/h3-9,17H,1-2H3. The number of hydrogen-bond acceptors (Lipinski definition) is 3. The molecule has 0 saturated heterocycles. The van der Waals surface area contributed by atoms with Gasteiger partial charge < -0.3 is 10.1 Å². The number of nitrogens with one attached hydrogen (secondary N) is 1. The molecule has 0 fully saturated rings. The van der Waals surface area contributed by atoms with Crippen molar-refractivity contribution in [3.8, 4) is 5.75 Å². The van der Waals surface area contributed by atoms with Crippen molar-refractivity contribution in [1.29, 1.82) is 0 Å². The number of hydrogen-bond donors (Lipinski definition) is 1. The number of carbonyl (C=O) groups is 1. The summed E-state index contributed by atoms with van der Waals surface area (Å²) in [6.07, 6.45) is 0. The molecule has 19 heavy (non-hydrogen) atoms. The number of halogens is 1. The lowest BCUT2D eigenvalue weighted by molar-refractivity contribution is 0.101. The second-order valence-electron chi connectivity index (χ2n) is 4.08. The lowest BCUT2D eigenvalue weighted by Gasteiger charge is -2.12. The van der Waals surface area contributed by atoms with Crippen molar-refractivity contribution in [2.45, 2.75) is 6.92 Å². The quantitative estimate of drug-likeness (QED) is 0.849. The van der Waals surface area contributed by atoms with E-state index < -0.39 is 5.82 Å². The van der Waals surface area contributed by atoms with Gasteiger partial charge in [-0.05, 0) is 37.3 Å². The van der Waals surface area contributed by atoms with Gasteiger partial charge in [-0.3, -0.25) is 4.79 Å². The first kappa shape index (κ1) is 13.1. The van der Waals surface area contributed by atoms with Crippen molar-refractivity contribution in [3.05, 3.63) is 53.8 Å². The van der Waals surface area contributed by atoms with Gasteiger partial charge in [-0.2, -0.15) is 0 Å². The van der Waals surface area contributed by atoms with Crippen LogP contribution in [0.25, 0.3) is 0 Å². The second-order valence-corrected chi connectivity index (χ2v) is 4.08. The Hall–Kier alpha value is -2.36. The number of anilines is 2. The van der Waals surface area contributed by atoms with Crippen LogP contribution < -0.4 is 10.1 Å². The summed E-state index contributed by atoms with van der Waals surface area (Å²) in [4.78, 5) is 11.3. The molecule has 0 aliphatic heterocycles. The highest BCUT2D eigenvalue weighted by Crippen LogP contribution is 2.28. The van der Waals surface area contributed by atoms with Gasteiger partial charge in [0.15, 0.2) is 5.78 Å². The largest absolute Gasteiger partial charge is 0.495 e. The summed E-state index contributed by atoms with van der Waals surface area (Å²) in [6.45, 7) is 1.44. The van der Waals surface area contributed by atoms with Crippen LogP contribution in [0.2, 0.25) is 0 Å². The third kappa shape index (κ3) is 2.91. The maximum Gasteiger partial charge on any atom is 0.159 e. The molecule has 0 unspecified atom stereocenters. The molecule has 0 aromatic heterocycles. The molecule has 0 spiro atoms.